The fourth-order valence-corrected chi connectivity index (χ4v) is 3.79. The zero-order valence-electron chi connectivity index (χ0n) is 14.7. The second-order valence-corrected chi connectivity index (χ2v) is 6.97. The van der Waals surface area contributed by atoms with Gasteiger partial charge in [-0.1, -0.05) is 50.3 Å². The lowest BCUT2D eigenvalue weighted by Gasteiger charge is -2.23. The fourth-order valence-electron chi connectivity index (χ4n) is 3.79. The average molecular weight is 328 g/mol. The maximum Gasteiger partial charge on any atom is 0.204 e. The summed E-state index contributed by atoms with van der Waals surface area (Å²) in [4.78, 5) is 18.5. The number of para-hydroxylation sites is 1. The van der Waals surface area contributed by atoms with Crippen LogP contribution in [0, 0.1) is 0 Å². The summed E-state index contributed by atoms with van der Waals surface area (Å²) < 4.78 is 0. The Kier molecular flexibility index (Phi) is 3.46. The van der Waals surface area contributed by atoms with E-state index in [0.29, 0.717) is 5.69 Å². The maximum atomic E-state index is 12.0. The van der Waals surface area contributed by atoms with Gasteiger partial charge in [-0.2, -0.15) is 0 Å². The number of allylic oxidation sites excluding steroid dienone is 4. The number of ketones is 1. The van der Waals surface area contributed by atoms with Gasteiger partial charge in [-0.25, -0.2) is 0 Å². The Morgan fingerprint density at radius 3 is 2.72 bits per heavy atom. The molecule has 0 bridgehead atoms. The molecule has 0 fully saturated rings. The van der Waals surface area contributed by atoms with Gasteiger partial charge < -0.3 is 4.90 Å². The highest BCUT2D eigenvalue weighted by atomic mass is 16.1. The number of fused-ring (bicyclic) bond motifs is 2. The third kappa shape index (κ3) is 2.35. The third-order valence-electron chi connectivity index (χ3n) is 5.13. The van der Waals surface area contributed by atoms with E-state index in [0.717, 1.165) is 10.4 Å². The summed E-state index contributed by atoms with van der Waals surface area (Å²) in [6.45, 7) is 4.49. The quantitative estimate of drug-likeness (QED) is 0.807. The van der Waals surface area contributed by atoms with Crippen molar-refractivity contribution in [3.63, 3.8) is 0 Å². The van der Waals surface area contributed by atoms with Gasteiger partial charge in [0, 0.05) is 35.3 Å². The van der Waals surface area contributed by atoms with Crippen LogP contribution in [-0.2, 0) is 5.41 Å². The molecule has 3 nitrogen and oxygen atoms in total. The van der Waals surface area contributed by atoms with Gasteiger partial charge in [-0.3, -0.25) is 9.78 Å². The first-order valence-corrected chi connectivity index (χ1v) is 8.43. The lowest BCUT2D eigenvalue weighted by Crippen LogP contribution is -2.33. The summed E-state index contributed by atoms with van der Waals surface area (Å²) in [6.07, 6.45) is 11.2. The van der Waals surface area contributed by atoms with Gasteiger partial charge in [-0.05, 0) is 35.1 Å². The van der Waals surface area contributed by atoms with Crippen LogP contribution in [0.1, 0.15) is 29.9 Å². The van der Waals surface area contributed by atoms with E-state index in [2.05, 4.69) is 67.2 Å². The van der Waals surface area contributed by atoms with Crippen LogP contribution in [0.2, 0.25) is 0 Å². The maximum absolute atomic E-state index is 12.0. The van der Waals surface area contributed by atoms with E-state index >= 15 is 0 Å². The Labute approximate surface area is 147 Å². The monoisotopic (exact) mass is 328 g/mol. The molecule has 0 radical (unpaired) electrons. The van der Waals surface area contributed by atoms with Crippen molar-refractivity contribution >= 4 is 23.6 Å². The molecule has 0 amide bonds. The molecule has 1 aromatic heterocycles. The van der Waals surface area contributed by atoms with E-state index < -0.39 is 0 Å². The summed E-state index contributed by atoms with van der Waals surface area (Å²) >= 11 is 0. The number of carbonyl (C=O) groups is 1. The van der Waals surface area contributed by atoms with E-state index in [4.69, 9.17) is 0 Å². The SMILES string of the molecule is CN1/C(=C\C=c2/ccnc3c2=CC=CC3=O)C(C)(C)c2ccccc21. The number of carbonyl (C=O) groups excluding carboxylic acids is 1. The predicted molar refractivity (Wildman–Crippen MR) is 102 cm³/mol. The highest BCUT2D eigenvalue weighted by Crippen LogP contribution is 2.46. The van der Waals surface area contributed by atoms with Gasteiger partial charge >= 0.3 is 0 Å². The second-order valence-electron chi connectivity index (χ2n) is 6.97. The molecule has 0 saturated carbocycles. The smallest absolute Gasteiger partial charge is 0.204 e. The Morgan fingerprint density at radius 1 is 1.12 bits per heavy atom. The molecule has 0 unspecified atom stereocenters. The average Bonchev–Trinajstić information content (AvgIpc) is 2.81. The van der Waals surface area contributed by atoms with Crippen molar-refractivity contribution in [1.29, 1.82) is 0 Å². The number of nitrogens with zero attached hydrogens (tertiary/aromatic N) is 2. The molecule has 1 aromatic carbocycles. The van der Waals surface area contributed by atoms with Crippen LogP contribution in [0.15, 0.2) is 60.5 Å². The summed E-state index contributed by atoms with van der Waals surface area (Å²) in [7, 11) is 2.10. The first-order chi connectivity index (χ1) is 12.0. The minimum absolute atomic E-state index is 0.0360. The minimum Gasteiger partial charge on any atom is -0.347 e. The molecule has 124 valence electrons. The highest BCUT2D eigenvalue weighted by molar-refractivity contribution is 6.05. The molecule has 0 saturated heterocycles. The van der Waals surface area contributed by atoms with Crippen LogP contribution >= 0.6 is 0 Å². The standard InChI is InChI=1S/C22H20N2O/c1-22(2)17-8-4-5-9-18(17)24(3)20(22)12-11-15-13-14-23-21-16(15)7-6-10-19(21)25/h4-14H,1-3H3/b15-11+,20-12-. The minimum atomic E-state index is -0.0611. The molecule has 2 aliphatic rings. The van der Waals surface area contributed by atoms with Crippen LogP contribution in [0.25, 0.3) is 12.2 Å². The van der Waals surface area contributed by atoms with Crippen LogP contribution in [0.4, 0.5) is 5.69 Å². The topological polar surface area (TPSA) is 33.2 Å². The number of anilines is 1. The van der Waals surface area contributed by atoms with Gasteiger partial charge in [-0.15, -0.1) is 0 Å². The molecule has 3 heteroatoms. The van der Waals surface area contributed by atoms with Crippen molar-refractivity contribution in [3.8, 4) is 0 Å². The van der Waals surface area contributed by atoms with E-state index in [1.807, 2.05) is 12.1 Å². The van der Waals surface area contributed by atoms with Gasteiger partial charge in [0.25, 0.3) is 0 Å². The first-order valence-electron chi connectivity index (χ1n) is 8.43. The Bertz CT molecular complexity index is 1060. The van der Waals surface area contributed by atoms with Crippen molar-refractivity contribution in [2.75, 3.05) is 11.9 Å². The Morgan fingerprint density at radius 2 is 1.92 bits per heavy atom. The van der Waals surface area contributed by atoms with Crippen LogP contribution in [0.5, 0.6) is 0 Å². The first kappa shape index (κ1) is 15.6. The fraction of sp³-hybridized carbons (Fsp3) is 0.182. The number of hydrogen-bond donors (Lipinski definition) is 0. The van der Waals surface area contributed by atoms with Gasteiger partial charge in [0.05, 0.1) is 0 Å². The van der Waals surface area contributed by atoms with Gasteiger partial charge in [0.2, 0.25) is 5.78 Å². The van der Waals surface area contributed by atoms with Gasteiger partial charge in [0.15, 0.2) is 0 Å². The number of aromatic nitrogens is 1. The van der Waals surface area contributed by atoms with E-state index in [1.54, 1.807) is 18.3 Å². The third-order valence-corrected chi connectivity index (χ3v) is 5.13. The zero-order chi connectivity index (χ0) is 17.6. The molecule has 1 aliphatic heterocycles. The van der Waals surface area contributed by atoms with E-state index in [-0.39, 0.29) is 11.2 Å². The number of rotatable bonds is 1. The predicted octanol–water partition coefficient (Wildman–Crippen LogP) is 2.71. The molecule has 2 heterocycles. The van der Waals surface area contributed by atoms with Crippen molar-refractivity contribution in [3.05, 3.63) is 82.1 Å². The van der Waals surface area contributed by atoms with Crippen molar-refractivity contribution < 1.29 is 4.79 Å². The number of likely N-dealkylation sites (N-methyl/N-ethyl adjacent to an activating group) is 1. The largest absolute Gasteiger partial charge is 0.347 e. The van der Waals surface area contributed by atoms with Crippen LogP contribution in [0.3, 0.4) is 0 Å². The number of pyridine rings is 1. The van der Waals surface area contributed by atoms with E-state index in [9.17, 15) is 4.79 Å². The van der Waals surface area contributed by atoms with Crippen molar-refractivity contribution in [2.24, 2.45) is 0 Å². The lowest BCUT2D eigenvalue weighted by atomic mass is 9.84. The number of hydrogen-bond acceptors (Lipinski definition) is 3. The van der Waals surface area contributed by atoms with E-state index in [1.165, 1.54) is 16.9 Å². The van der Waals surface area contributed by atoms with Crippen molar-refractivity contribution in [1.82, 2.24) is 4.98 Å². The molecular formula is C22H20N2O. The summed E-state index contributed by atoms with van der Waals surface area (Å²) in [6, 6.07) is 10.5. The molecule has 25 heavy (non-hydrogen) atoms. The van der Waals surface area contributed by atoms with Crippen molar-refractivity contribution in [2.45, 2.75) is 19.3 Å². The second kappa shape index (κ2) is 5.55. The molecule has 4 rings (SSSR count). The Balaban J connectivity index is 1.88. The lowest BCUT2D eigenvalue weighted by molar-refractivity contribution is 0.104. The summed E-state index contributed by atoms with van der Waals surface area (Å²) in [5.74, 6) is -0.0360. The molecular weight excluding hydrogens is 308 g/mol. The summed E-state index contributed by atoms with van der Waals surface area (Å²) in [5, 5.41) is 1.90. The zero-order valence-corrected chi connectivity index (χ0v) is 14.7. The highest BCUT2D eigenvalue weighted by Gasteiger charge is 2.37. The molecule has 0 spiro atoms. The number of benzene rings is 1. The van der Waals surface area contributed by atoms with Crippen LogP contribution < -0.4 is 15.3 Å². The molecule has 2 aromatic rings. The molecule has 1 aliphatic carbocycles. The van der Waals surface area contributed by atoms with Crippen LogP contribution in [-0.4, -0.2) is 17.8 Å². The Hall–Kier alpha value is -2.94. The molecule has 0 N–H and O–H groups in total. The summed E-state index contributed by atoms with van der Waals surface area (Å²) in [5.41, 5.74) is 4.27. The normalized spacial score (nSPS) is 19.8. The van der Waals surface area contributed by atoms with Gasteiger partial charge in [0.1, 0.15) is 5.69 Å². The molecule has 0 atom stereocenters.